The molecule has 6 heteroatoms. The lowest BCUT2D eigenvalue weighted by Gasteiger charge is -2.28. The molecule has 3 atom stereocenters. The van der Waals surface area contributed by atoms with E-state index < -0.39 is 0 Å². The van der Waals surface area contributed by atoms with Crippen LogP contribution in [0.5, 0.6) is 5.75 Å². The number of thioether (sulfide) groups is 1. The zero-order valence-electron chi connectivity index (χ0n) is 15.6. The molecule has 0 radical (unpaired) electrons. The van der Waals surface area contributed by atoms with Crippen LogP contribution in [0.15, 0.2) is 36.4 Å². The van der Waals surface area contributed by atoms with Gasteiger partial charge in [0.2, 0.25) is 0 Å². The maximum absolute atomic E-state index is 12.6. The maximum atomic E-state index is 12.6. The van der Waals surface area contributed by atoms with Gasteiger partial charge in [-0.25, -0.2) is 0 Å². The minimum Gasteiger partial charge on any atom is -0.493 e. The Hall–Kier alpha value is -2.05. The number of hydrogen-bond donors (Lipinski definition) is 2. The van der Waals surface area contributed by atoms with Crippen molar-refractivity contribution in [2.45, 2.75) is 25.4 Å². The summed E-state index contributed by atoms with van der Waals surface area (Å²) in [5.41, 5.74) is 2.12. The molecule has 0 bridgehead atoms. The summed E-state index contributed by atoms with van der Waals surface area (Å²) < 4.78 is 11.1. The highest BCUT2D eigenvalue weighted by atomic mass is 32.2. The molecule has 1 aliphatic rings. The van der Waals surface area contributed by atoms with Crippen molar-refractivity contribution in [2.75, 3.05) is 20.0 Å². The molecule has 0 fully saturated rings. The molecule has 2 aromatic rings. The smallest absolute Gasteiger partial charge is 0.325 e. The molecule has 1 aliphatic heterocycles. The topological polar surface area (TPSA) is 66.1 Å². The van der Waals surface area contributed by atoms with Crippen LogP contribution in [0.4, 0.5) is 0 Å². The van der Waals surface area contributed by atoms with E-state index in [9.17, 15) is 4.79 Å². The average molecular weight is 375 g/mol. The number of rotatable bonds is 5. The van der Waals surface area contributed by atoms with Crippen LogP contribution in [0.2, 0.25) is 0 Å². The Bertz CT molecular complexity index is 837. The summed E-state index contributed by atoms with van der Waals surface area (Å²) in [5.74, 6) is 0.218. The van der Waals surface area contributed by atoms with E-state index >= 15 is 0 Å². The molecule has 1 heterocycles. The molecule has 0 unspecified atom stereocenters. The molecule has 138 valence electrons. The highest BCUT2D eigenvalue weighted by Crippen LogP contribution is 2.36. The number of ether oxygens (including phenoxy) is 2. The number of nitrogens with two attached hydrogens (primary N) is 1. The molecule has 26 heavy (non-hydrogen) atoms. The molecular formula is C20H26N2O3S+2. The zero-order valence-corrected chi connectivity index (χ0v) is 16.4. The van der Waals surface area contributed by atoms with Crippen molar-refractivity contribution >= 4 is 34.2 Å². The first-order valence-electron chi connectivity index (χ1n) is 8.80. The van der Waals surface area contributed by atoms with Gasteiger partial charge < -0.3 is 9.47 Å². The summed E-state index contributed by atoms with van der Waals surface area (Å²) in [4.78, 5) is 16.0. The van der Waals surface area contributed by atoms with Gasteiger partial charge in [0.1, 0.15) is 11.8 Å². The number of carbonyl (C=O) groups is 1. The van der Waals surface area contributed by atoms with E-state index in [4.69, 9.17) is 9.47 Å². The van der Waals surface area contributed by atoms with Gasteiger partial charge in [-0.15, -0.1) is 0 Å². The molecule has 0 spiro atoms. The van der Waals surface area contributed by atoms with Gasteiger partial charge in [-0.05, 0) is 41.8 Å². The monoisotopic (exact) mass is 374 g/mol. The number of methoxy groups -OCH3 is 1. The van der Waals surface area contributed by atoms with E-state index in [1.54, 1.807) is 11.8 Å². The SMILES string of the molecule is CCOc1ccc2ccccc2c1[C@H]1[NH2+][C@@H](SC)[NH+]=C(C)[C@@H]1C(=O)OC. The van der Waals surface area contributed by atoms with Crippen LogP contribution >= 0.6 is 11.8 Å². The third kappa shape index (κ3) is 3.44. The third-order valence-corrected chi connectivity index (χ3v) is 5.63. The standard InChI is InChI=1S/C20H24N2O3S/c1-5-25-15-11-10-13-8-6-7-9-14(13)17(15)18-16(19(23)24-3)12(2)21-20(22-18)26-4/h6-11,16,18,20,22H,5H2,1-4H3/p+2/t16-,18-,20-/m0/s1. The molecule has 3 rings (SSSR count). The second kappa shape index (κ2) is 8.10. The molecule has 0 saturated carbocycles. The molecule has 2 aromatic carbocycles. The van der Waals surface area contributed by atoms with E-state index in [1.807, 2.05) is 32.0 Å². The van der Waals surface area contributed by atoms with E-state index in [0.29, 0.717) is 6.61 Å². The van der Waals surface area contributed by atoms with Gasteiger partial charge in [0.05, 0.1) is 19.3 Å². The number of fused-ring (bicyclic) bond motifs is 1. The van der Waals surface area contributed by atoms with Crippen molar-refractivity contribution in [1.29, 1.82) is 0 Å². The number of benzene rings is 2. The van der Waals surface area contributed by atoms with Crippen LogP contribution < -0.4 is 15.0 Å². The van der Waals surface area contributed by atoms with Crippen LogP contribution in [0.25, 0.3) is 10.8 Å². The summed E-state index contributed by atoms with van der Waals surface area (Å²) in [6.45, 7) is 4.52. The Morgan fingerprint density at radius 1 is 1.27 bits per heavy atom. The number of esters is 1. The first-order chi connectivity index (χ1) is 12.6. The van der Waals surface area contributed by atoms with Gasteiger partial charge >= 0.3 is 11.5 Å². The maximum Gasteiger partial charge on any atom is 0.325 e. The minimum absolute atomic E-state index is 0.117. The predicted octanol–water partition coefficient (Wildman–Crippen LogP) is 0.834. The molecule has 0 saturated heterocycles. The van der Waals surface area contributed by atoms with E-state index in [1.165, 1.54) is 7.11 Å². The van der Waals surface area contributed by atoms with Crippen molar-refractivity contribution in [1.82, 2.24) is 0 Å². The second-order valence-electron chi connectivity index (χ2n) is 6.33. The molecule has 5 nitrogen and oxygen atoms in total. The van der Waals surface area contributed by atoms with Gasteiger partial charge in [-0.1, -0.05) is 30.3 Å². The Balaban J connectivity index is 2.22. The van der Waals surface area contributed by atoms with Crippen LogP contribution in [0, 0.1) is 5.92 Å². The van der Waals surface area contributed by atoms with Crippen LogP contribution in [-0.4, -0.2) is 37.2 Å². The number of hydrogen-bond acceptors (Lipinski definition) is 4. The van der Waals surface area contributed by atoms with Gasteiger partial charge in [0, 0.05) is 6.92 Å². The lowest BCUT2D eigenvalue weighted by atomic mass is 9.85. The summed E-state index contributed by atoms with van der Waals surface area (Å²) in [5, 5.41) is 4.45. The predicted molar refractivity (Wildman–Crippen MR) is 104 cm³/mol. The lowest BCUT2D eigenvalue weighted by Crippen LogP contribution is -3.10. The lowest BCUT2D eigenvalue weighted by molar-refractivity contribution is -0.844. The van der Waals surface area contributed by atoms with Crippen molar-refractivity contribution < 1.29 is 24.6 Å². The summed E-state index contributed by atoms with van der Waals surface area (Å²) in [6.07, 6.45) is 2.06. The van der Waals surface area contributed by atoms with E-state index in [-0.39, 0.29) is 23.4 Å². The van der Waals surface area contributed by atoms with Crippen molar-refractivity contribution in [3.05, 3.63) is 42.0 Å². The van der Waals surface area contributed by atoms with Crippen molar-refractivity contribution in [3.8, 4) is 5.75 Å². The zero-order chi connectivity index (χ0) is 18.7. The van der Waals surface area contributed by atoms with Crippen LogP contribution in [0.3, 0.4) is 0 Å². The summed E-state index contributed by atoms with van der Waals surface area (Å²) in [7, 11) is 1.44. The first-order valence-corrected chi connectivity index (χ1v) is 10.1. The van der Waals surface area contributed by atoms with Crippen molar-refractivity contribution in [3.63, 3.8) is 0 Å². The molecular weight excluding hydrogens is 348 g/mol. The Morgan fingerprint density at radius 3 is 2.73 bits per heavy atom. The molecule has 0 aliphatic carbocycles. The Kier molecular flexibility index (Phi) is 5.84. The summed E-state index contributed by atoms with van der Waals surface area (Å²) in [6, 6.07) is 12.2. The highest BCUT2D eigenvalue weighted by Gasteiger charge is 2.46. The molecule has 3 N–H and O–H groups in total. The van der Waals surface area contributed by atoms with Gasteiger partial charge in [0.15, 0.2) is 11.6 Å². The first kappa shape index (κ1) is 18.7. The van der Waals surface area contributed by atoms with Crippen LogP contribution in [0.1, 0.15) is 25.5 Å². The number of carbonyl (C=O) groups excluding carboxylic acids is 1. The van der Waals surface area contributed by atoms with Crippen molar-refractivity contribution in [2.24, 2.45) is 5.92 Å². The summed E-state index contributed by atoms with van der Waals surface area (Å²) >= 11 is 1.71. The normalized spacial score (nSPS) is 22.8. The third-order valence-electron chi connectivity index (χ3n) is 4.85. The van der Waals surface area contributed by atoms with Crippen LogP contribution in [-0.2, 0) is 9.53 Å². The van der Waals surface area contributed by atoms with E-state index in [0.717, 1.165) is 27.8 Å². The van der Waals surface area contributed by atoms with Gasteiger partial charge in [0.25, 0.3) is 0 Å². The fraction of sp³-hybridized carbons (Fsp3) is 0.400. The van der Waals surface area contributed by atoms with Gasteiger partial charge in [-0.3, -0.25) is 10.1 Å². The minimum atomic E-state index is -0.381. The fourth-order valence-corrected chi connectivity index (χ4v) is 4.31. The number of quaternary nitrogens is 1. The van der Waals surface area contributed by atoms with E-state index in [2.05, 4.69) is 34.8 Å². The largest absolute Gasteiger partial charge is 0.493 e. The fourth-order valence-electron chi connectivity index (χ4n) is 3.68. The molecule has 0 amide bonds. The highest BCUT2D eigenvalue weighted by molar-refractivity contribution is 7.98. The number of nitrogens with one attached hydrogen (secondary N) is 1. The van der Waals surface area contributed by atoms with Gasteiger partial charge in [-0.2, -0.15) is 4.99 Å². The Labute approximate surface area is 158 Å². The Morgan fingerprint density at radius 2 is 2.04 bits per heavy atom. The quantitative estimate of drug-likeness (QED) is 0.761. The second-order valence-corrected chi connectivity index (χ2v) is 7.31. The molecule has 0 aromatic heterocycles. The average Bonchev–Trinajstić information content (AvgIpc) is 2.66.